The number of carboxylic acids is 1. The predicted octanol–water partition coefficient (Wildman–Crippen LogP) is 2.64. The van der Waals surface area contributed by atoms with Crippen LogP contribution in [-0.2, 0) is 23.2 Å². The third-order valence-electron chi connectivity index (χ3n) is 4.25. The fourth-order valence-corrected chi connectivity index (χ4v) is 2.83. The molecule has 0 aliphatic heterocycles. The van der Waals surface area contributed by atoms with Gasteiger partial charge in [0.2, 0.25) is 0 Å². The molecule has 5 nitrogen and oxygen atoms in total. The molecule has 0 fully saturated rings. The van der Waals surface area contributed by atoms with E-state index in [9.17, 15) is 9.90 Å². The van der Waals surface area contributed by atoms with E-state index in [1.54, 1.807) is 20.0 Å². The Balaban J connectivity index is 2.06. The van der Waals surface area contributed by atoms with Crippen LogP contribution in [0.4, 0.5) is 0 Å². The maximum atomic E-state index is 11.4. The van der Waals surface area contributed by atoms with Crippen LogP contribution in [0.3, 0.4) is 0 Å². The van der Waals surface area contributed by atoms with E-state index >= 15 is 0 Å². The molecule has 5 heteroatoms. The van der Waals surface area contributed by atoms with Crippen molar-refractivity contribution < 1.29 is 9.90 Å². The second-order valence-corrected chi connectivity index (χ2v) is 6.09. The van der Waals surface area contributed by atoms with Crippen LogP contribution in [0.2, 0.25) is 0 Å². The van der Waals surface area contributed by atoms with E-state index in [1.807, 2.05) is 6.07 Å². The Kier molecular flexibility index (Phi) is 3.27. The van der Waals surface area contributed by atoms with Crippen LogP contribution < -0.4 is 0 Å². The van der Waals surface area contributed by atoms with Crippen molar-refractivity contribution in [2.24, 2.45) is 0 Å². The van der Waals surface area contributed by atoms with Crippen molar-refractivity contribution in [1.82, 2.24) is 15.0 Å². The van der Waals surface area contributed by atoms with Gasteiger partial charge in [0.05, 0.1) is 11.9 Å². The number of hydrogen-bond donors (Lipinski definition) is 1. The first-order chi connectivity index (χ1) is 10.00. The zero-order chi connectivity index (χ0) is 15.0. The van der Waals surface area contributed by atoms with Gasteiger partial charge >= 0.3 is 5.97 Å². The van der Waals surface area contributed by atoms with Gasteiger partial charge in [-0.15, -0.1) is 5.10 Å². The van der Waals surface area contributed by atoms with Gasteiger partial charge in [-0.2, -0.15) is 0 Å². The van der Waals surface area contributed by atoms with Crippen molar-refractivity contribution in [2.45, 2.75) is 45.1 Å². The summed E-state index contributed by atoms with van der Waals surface area (Å²) >= 11 is 0. The number of carboxylic acid groups (broad SMARTS) is 1. The highest BCUT2D eigenvalue weighted by atomic mass is 16.4. The first-order valence-electron chi connectivity index (χ1n) is 7.27. The van der Waals surface area contributed by atoms with E-state index in [0.29, 0.717) is 0 Å². The lowest BCUT2D eigenvalue weighted by Gasteiger charge is -2.22. The molecule has 0 saturated heterocycles. The van der Waals surface area contributed by atoms with Gasteiger partial charge in [-0.3, -0.25) is 0 Å². The monoisotopic (exact) mass is 285 g/mol. The Morgan fingerprint density at radius 2 is 1.95 bits per heavy atom. The minimum absolute atomic E-state index is 0.746. The highest BCUT2D eigenvalue weighted by Crippen LogP contribution is 2.29. The Hall–Kier alpha value is -2.17. The molecule has 1 aliphatic rings. The Labute approximate surface area is 123 Å². The third kappa shape index (κ3) is 2.33. The molecule has 2 aromatic rings. The van der Waals surface area contributed by atoms with Crippen molar-refractivity contribution in [3.63, 3.8) is 0 Å². The van der Waals surface area contributed by atoms with Crippen molar-refractivity contribution in [3.05, 3.63) is 35.5 Å². The molecular weight excluding hydrogens is 266 g/mol. The molecule has 21 heavy (non-hydrogen) atoms. The fourth-order valence-electron chi connectivity index (χ4n) is 2.83. The lowest BCUT2D eigenvalue weighted by atomic mass is 9.90. The number of hydrogen-bond acceptors (Lipinski definition) is 3. The molecular formula is C16H19N3O2. The van der Waals surface area contributed by atoms with Gasteiger partial charge in [0.1, 0.15) is 0 Å². The summed E-state index contributed by atoms with van der Waals surface area (Å²) in [5, 5.41) is 17.3. The normalized spacial score (nSPS) is 14.8. The SMILES string of the molecule is CC(C)(C(=O)O)n1nncc1-c1ccc2c(c1)CCCC2. The number of nitrogens with zero attached hydrogens (tertiary/aromatic N) is 3. The summed E-state index contributed by atoms with van der Waals surface area (Å²) in [4.78, 5) is 11.4. The molecule has 0 atom stereocenters. The zero-order valence-electron chi connectivity index (χ0n) is 12.3. The first-order valence-corrected chi connectivity index (χ1v) is 7.27. The summed E-state index contributed by atoms with van der Waals surface area (Å²) in [5.74, 6) is -0.924. The van der Waals surface area contributed by atoms with E-state index in [1.165, 1.54) is 28.7 Å². The maximum Gasteiger partial charge on any atom is 0.331 e. The van der Waals surface area contributed by atoms with Crippen LogP contribution in [0.25, 0.3) is 11.3 Å². The smallest absolute Gasteiger partial charge is 0.331 e. The van der Waals surface area contributed by atoms with Crippen molar-refractivity contribution >= 4 is 5.97 Å². The largest absolute Gasteiger partial charge is 0.479 e. The van der Waals surface area contributed by atoms with E-state index in [2.05, 4.69) is 22.4 Å². The topological polar surface area (TPSA) is 68.0 Å². The summed E-state index contributed by atoms with van der Waals surface area (Å²) in [5.41, 5.74) is 3.37. The van der Waals surface area contributed by atoms with E-state index in [4.69, 9.17) is 0 Å². The summed E-state index contributed by atoms with van der Waals surface area (Å²) < 4.78 is 1.49. The summed E-state index contributed by atoms with van der Waals surface area (Å²) in [6, 6.07) is 6.34. The molecule has 0 unspecified atom stereocenters. The van der Waals surface area contributed by atoms with E-state index in [-0.39, 0.29) is 0 Å². The van der Waals surface area contributed by atoms with Crippen LogP contribution in [0.15, 0.2) is 24.4 Å². The average Bonchev–Trinajstić information content (AvgIpc) is 2.96. The number of aromatic nitrogens is 3. The number of benzene rings is 1. The minimum Gasteiger partial charge on any atom is -0.479 e. The molecule has 3 rings (SSSR count). The molecule has 1 aromatic carbocycles. The van der Waals surface area contributed by atoms with Gasteiger partial charge in [0, 0.05) is 5.56 Å². The van der Waals surface area contributed by atoms with Crippen LogP contribution in [0.1, 0.15) is 37.8 Å². The van der Waals surface area contributed by atoms with Crippen LogP contribution in [-0.4, -0.2) is 26.1 Å². The minimum atomic E-state index is -1.12. The van der Waals surface area contributed by atoms with Gasteiger partial charge in [0.25, 0.3) is 0 Å². The molecule has 0 amide bonds. The summed E-state index contributed by atoms with van der Waals surface area (Å²) in [6.07, 6.45) is 6.32. The van der Waals surface area contributed by atoms with Gasteiger partial charge in [-0.1, -0.05) is 17.3 Å². The van der Waals surface area contributed by atoms with Crippen LogP contribution >= 0.6 is 0 Å². The van der Waals surface area contributed by atoms with Gasteiger partial charge in [0.15, 0.2) is 5.54 Å². The number of aryl methyl sites for hydroxylation is 2. The Morgan fingerprint density at radius 1 is 1.24 bits per heavy atom. The van der Waals surface area contributed by atoms with Crippen molar-refractivity contribution in [1.29, 1.82) is 0 Å². The standard InChI is InChI=1S/C16H19N3O2/c1-16(2,15(20)21)19-14(10-17-18-19)13-8-7-11-5-3-4-6-12(11)9-13/h7-10H,3-6H2,1-2H3,(H,20,21). The summed E-state index contributed by atoms with van der Waals surface area (Å²) in [7, 11) is 0. The lowest BCUT2D eigenvalue weighted by molar-refractivity contribution is -0.146. The van der Waals surface area contributed by atoms with E-state index in [0.717, 1.165) is 24.1 Å². The first kappa shape index (κ1) is 13.8. The Morgan fingerprint density at radius 3 is 2.67 bits per heavy atom. The molecule has 110 valence electrons. The Bertz CT molecular complexity index is 689. The maximum absolute atomic E-state index is 11.4. The molecule has 1 N–H and O–H groups in total. The highest BCUT2D eigenvalue weighted by Gasteiger charge is 2.33. The highest BCUT2D eigenvalue weighted by molar-refractivity contribution is 5.77. The molecule has 1 aliphatic carbocycles. The molecule has 0 saturated carbocycles. The molecule has 1 aromatic heterocycles. The van der Waals surface area contributed by atoms with Gasteiger partial charge < -0.3 is 5.11 Å². The summed E-state index contributed by atoms with van der Waals surface area (Å²) in [6.45, 7) is 3.26. The van der Waals surface area contributed by atoms with Crippen molar-refractivity contribution in [2.75, 3.05) is 0 Å². The lowest BCUT2D eigenvalue weighted by Crippen LogP contribution is -2.37. The fraction of sp³-hybridized carbons (Fsp3) is 0.438. The van der Waals surface area contributed by atoms with Crippen LogP contribution in [0, 0.1) is 0 Å². The molecule has 0 spiro atoms. The molecule has 0 bridgehead atoms. The second-order valence-electron chi connectivity index (χ2n) is 6.09. The predicted molar refractivity (Wildman–Crippen MR) is 79.1 cm³/mol. The van der Waals surface area contributed by atoms with Crippen LogP contribution in [0.5, 0.6) is 0 Å². The number of aliphatic carboxylic acids is 1. The van der Waals surface area contributed by atoms with Gasteiger partial charge in [-0.05, 0) is 56.7 Å². The van der Waals surface area contributed by atoms with Gasteiger partial charge in [-0.25, -0.2) is 9.48 Å². The molecule has 1 heterocycles. The van der Waals surface area contributed by atoms with Crippen molar-refractivity contribution in [3.8, 4) is 11.3 Å². The number of fused-ring (bicyclic) bond motifs is 1. The molecule has 0 radical (unpaired) electrons. The average molecular weight is 285 g/mol. The number of carbonyl (C=O) groups is 1. The third-order valence-corrected chi connectivity index (χ3v) is 4.25. The quantitative estimate of drug-likeness (QED) is 0.941. The number of rotatable bonds is 3. The zero-order valence-corrected chi connectivity index (χ0v) is 12.3. The van der Waals surface area contributed by atoms with E-state index < -0.39 is 11.5 Å². The second kappa shape index (κ2) is 4.98.